The average molecular weight is 408 g/mol. The minimum absolute atomic E-state index is 0.0115. The molecule has 8 heteroatoms. The van der Waals surface area contributed by atoms with Gasteiger partial charge >= 0.3 is 5.97 Å². The van der Waals surface area contributed by atoms with Crippen LogP contribution in [-0.4, -0.2) is 60.5 Å². The number of piperazine rings is 1. The SMILES string of the molecule is CCOC(=O)c1ccc(N2CCN(C(=O)C3CC(=O)Nc4ccccc43)CC2)nc1. The van der Waals surface area contributed by atoms with E-state index in [4.69, 9.17) is 4.74 Å². The molecule has 1 aromatic heterocycles. The van der Waals surface area contributed by atoms with Crippen molar-refractivity contribution < 1.29 is 19.1 Å². The third kappa shape index (κ3) is 3.98. The number of anilines is 2. The zero-order valence-electron chi connectivity index (χ0n) is 16.8. The number of benzene rings is 1. The fourth-order valence-corrected chi connectivity index (χ4v) is 3.92. The molecule has 0 radical (unpaired) electrons. The third-order valence-corrected chi connectivity index (χ3v) is 5.47. The fourth-order valence-electron chi connectivity index (χ4n) is 3.92. The molecule has 3 heterocycles. The van der Waals surface area contributed by atoms with Gasteiger partial charge in [0.25, 0.3) is 0 Å². The Balaban J connectivity index is 1.40. The van der Waals surface area contributed by atoms with Crippen molar-refractivity contribution in [2.24, 2.45) is 0 Å². The summed E-state index contributed by atoms with van der Waals surface area (Å²) in [4.78, 5) is 45.2. The van der Waals surface area contributed by atoms with Gasteiger partial charge in [0.2, 0.25) is 11.8 Å². The van der Waals surface area contributed by atoms with Crippen LogP contribution in [0.1, 0.15) is 35.2 Å². The van der Waals surface area contributed by atoms with Gasteiger partial charge in [-0.2, -0.15) is 0 Å². The summed E-state index contributed by atoms with van der Waals surface area (Å²) in [5.74, 6) is -0.205. The Morgan fingerprint density at radius 2 is 1.90 bits per heavy atom. The molecule has 2 amide bonds. The quantitative estimate of drug-likeness (QED) is 0.779. The Kier molecular flexibility index (Phi) is 5.65. The molecule has 1 atom stereocenters. The smallest absolute Gasteiger partial charge is 0.339 e. The molecular weight excluding hydrogens is 384 g/mol. The normalized spacial score (nSPS) is 18.4. The van der Waals surface area contributed by atoms with Crippen LogP contribution in [0, 0.1) is 0 Å². The highest BCUT2D eigenvalue weighted by atomic mass is 16.5. The number of carbonyl (C=O) groups excluding carboxylic acids is 3. The van der Waals surface area contributed by atoms with Gasteiger partial charge in [0.05, 0.1) is 18.1 Å². The number of rotatable bonds is 4. The van der Waals surface area contributed by atoms with E-state index in [2.05, 4.69) is 15.2 Å². The molecule has 1 aromatic carbocycles. The van der Waals surface area contributed by atoms with Crippen molar-refractivity contribution in [3.63, 3.8) is 0 Å². The topological polar surface area (TPSA) is 91.8 Å². The number of nitrogens with one attached hydrogen (secondary N) is 1. The molecule has 0 spiro atoms. The number of pyridine rings is 1. The van der Waals surface area contributed by atoms with Crippen LogP contribution in [0.3, 0.4) is 0 Å². The van der Waals surface area contributed by atoms with Gasteiger partial charge in [0, 0.05) is 44.5 Å². The van der Waals surface area contributed by atoms with Gasteiger partial charge in [-0.1, -0.05) is 18.2 Å². The molecule has 2 aromatic rings. The Morgan fingerprint density at radius 3 is 2.60 bits per heavy atom. The number of nitrogens with zero attached hydrogens (tertiary/aromatic N) is 3. The third-order valence-electron chi connectivity index (χ3n) is 5.47. The van der Waals surface area contributed by atoms with E-state index >= 15 is 0 Å². The number of esters is 1. The lowest BCUT2D eigenvalue weighted by Crippen LogP contribution is -2.51. The number of ether oxygens (including phenoxy) is 1. The van der Waals surface area contributed by atoms with Gasteiger partial charge in [-0.25, -0.2) is 9.78 Å². The lowest BCUT2D eigenvalue weighted by molar-refractivity contribution is -0.135. The van der Waals surface area contributed by atoms with Crippen LogP contribution >= 0.6 is 0 Å². The Hall–Kier alpha value is -3.42. The fraction of sp³-hybridized carbons (Fsp3) is 0.364. The summed E-state index contributed by atoms with van der Waals surface area (Å²) in [6.45, 7) is 4.47. The van der Waals surface area contributed by atoms with E-state index in [1.54, 1.807) is 19.1 Å². The predicted octanol–water partition coefficient (Wildman–Crippen LogP) is 2.03. The second kappa shape index (κ2) is 8.52. The summed E-state index contributed by atoms with van der Waals surface area (Å²) in [5, 5.41) is 2.84. The van der Waals surface area contributed by atoms with E-state index in [-0.39, 0.29) is 24.2 Å². The van der Waals surface area contributed by atoms with E-state index in [1.165, 1.54) is 6.20 Å². The average Bonchev–Trinajstić information content (AvgIpc) is 2.78. The molecular formula is C22H24N4O4. The molecule has 0 aliphatic carbocycles. The highest BCUT2D eigenvalue weighted by Crippen LogP contribution is 2.33. The number of carbonyl (C=O) groups is 3. The number of hydrogen-bond acceptors (Lipinski definition) is 6. The summed E-state index contributed by atoms with van der Waals surface area (Å²) in [6.07, 6.45) is 1.69. The van der Waals surface area contributed by atoms with E-state index < -0.39 is 5.92 Å². The van der Waals surface area contributed by atoms with Crippen LogP contribution in [0.25, 0.3) is 0 Å². The van der Waals surface area contributed by atoms with E-state index in [0.29, 0.717) is 38.3 Å². The summed E-state index contributed by atoms with van der Waals surface area (Å²) in [5.41, 5.74) is 2.01. The molecule has 8 nitrogen and oxygen atoms in total. The first kappa shape index (κ1) is 19.9. The second-order valence-electron chi connectivity index (χ2n) is 7.33. The van der Waals surface area contributed by atoms with Gasteiger partial charge in [-0.05, 0) is 30.7 Å². The van der Waals surface area contributed by atoms with Crippen molar-refractivity contribution in [1.29, 1.82) is 0 Å². The maximum absolute atomic E-state index is 13.1. The molecule has 1 fully saturated rings. The molecule has 1 N–H and O–H groups in total. The van der Waals surface area contributed by atoms with Crippen molar-refractivity contribution in [2.45, 2.75) is 19.3 Å². The van der Waals surface area contributed by atoms with E-state index in [0.717, 1.165) is 17.1 Å². The van der Waals surface area contributed by atoms with Gasteiger partial charge in [0.1, 0.15) is 5.82 Å². The molecule has 30 heavy (non-hydrogen) atoms. The maximum atomic E-state index is 13.1. The van der Waals surface area contributed by atoms with E-state index in [9.17, 15) is 14.4 Å². The lowest BCUT2D eigenvalue weighted by Gasteiger charge is -2.38. The molecule has 0 saturated carbocycles. The molecule has 2 aliphatic rings. The van der Waals surface area contributed by atoms with Gasteiger partial charge in [-0.3, -0.25) is 9.59 Å². The van der Waals surface area contributed by atoms with Crippen LogP contribution in [0.15, 0.2) is 42.6 Å². The van der Waals surface area contributed by atoms with Crippen LogP contribution in [0.4, 0.5) is 11.5 Å². The minimum atomic E-state index is -0.441. The molecule has 0 bridgehead atoms. The van der Waals surface area contributed by atoms with Gasteiger partial charge in [-0.15, -0.1) is 0 Å². The van der Waals surface area contributed by atoms with Crippen molar-refractivity contribution in [3.05, 3.63) is 53.7 Å². The van der Waals surface area contributed by atoms with Crippen LogP contribution in [0.5, 0.6) is 0 Å². The number of fused-ring (bicyclic) bond motifs is 1. The zero-order chi connectivity index (χ0) is 21.1. The standard InChI is InChI=1S/C22H24N4O4/c1-2-30-22(29)15-7-8-19(23-14-15)25-9-11-26(12-10-25)21(28)17-13-20(27)24-18-6-4-3-5-16(17)18/h3-8,14,17H,2,9-13H2,1H3,(H,24,27). The summed E-state index contributed by atoms with van der Waals surface area (Å²) in [6, 6.07) is 11.0. The predicted molar refractivity (Wildman–Crippen MR) is 111 cm³/mol. The minimum Gasteiger partial charge on any atom is -0.462 e. The summed E-state index contributed by atoms with van der Waals surface area (Å²) in [7, 11) is 0. The van der Waals surface area contributed by atoms with E-state index in [1.807, 2.05) is 29.2 Å². The summed E-state index contributed by atoms with van der Waals surface area (Å²) >= 11 is 0. The molecule has 1 saturated heterocycles. The number of hydrogen-bond donors (Lipinski definition) is 1. The first-order valence-electron chi connectivity index (χ1n) is 10.1. The van der Waals surface area contributed by atoms with Crippen molar-refractivity contribution in [2.75, 3.05) is 43.0 Å². The highest BCUT2D eigenvalue weighted by molar-refractivity contribution is 6.01. The molecule has 156 valence electrons. The summed E-state index contributed by atoms with van der Waals surface area (Å²) < 4.78 is 4.98. The Labute approximate surface area is 174 Å². The highest BCUT2D eigenvalue weighted by Gasteiger charge is 2.34. The maximum Gasteiger partial charge on any atom is 0.339 e. The van der Waals surface area contributed by atoms with Crippen molar-refractivity contribution >= 4 is 29.3 Å². The molecule has 4 rings (SSSR count). The number of aromatic nitrogens is 1. The van der Waals surface area contributed by atoms with Crippen LogP contribution in [-0.2, 0) is 14.3 Å². The monoisotopic (exact) mass is 408 g/mol. The van der Waals surface area contributed by atoms with Crippen molar-refractivity contribution in [3.8, 4) is 0 Å². The first-order chi connectivity index (χ1) is 14.6. The van der Waals surface area contributed by atoms with Crippen LogP contribution in [0.2, 0.25) is 0 Å². The molecule has 1 unspecified atom stereocenters. The largest absolute Gasteiger partial charge is 0.462 e. The second-order valence-corrected chi connectivity index (χ2v) is 7.33. The van der Waals surface area contributed by atoms with Crippen molar-refractivity contribution in [1.82, 2.24) is 9.88 Å². The van der Waals surface area contributed by atoms with Gasteiger partial charge in [0.15, 0.2) is 0 Å². The number of para-hydroxylation sites is 1. The number of amides is 2. The van der Waals surface area contributed by atoms with Gasteiger partial charge < -0.3 is 19.9 Å². The molecule has 2 aliphatic heterocycles. The Morgan fingerprint density at radius 1 is 1.13 bits per heavy atom. The zero-order valence-corrected chi connectivity index (χ0v) is 16.8. The lowest BCUT2D eigenvalue weighted by atomic mass is 9.89. The first-order valence-corrected chi connectivity index (χ1v) is 10.1. The Bertz CT molecular complexity index is 952. The van der Waals surface area contributed by atoms with Crippen LogP contribution < -0.4 is 10.2 Å².